The highest BCUT2D eigenvalue weighted by Crippen LogP contribution is 2.49. The second-order valence-electron chi connectivity index (χ2n) is 32.8. The van der Waals surface area contributed by atoms with E-state index in [1.807, 2.05) is 164 Å². The standard InChI is InChI=1S/C20H19N3O2S2.2C20H18N2OS3.C16H18N2OS3.C15H16N2OS2.C15H16N2S2/c1-2-3-11-27(24)20-17(21)16-14(13-7-5-4-6-8-13)12-15(23-19(16)26-20)18-22-9-10-25-18;1-12(2)26(23)20-18(21)17-14(13-7-4-3-5-8-13)11-15(22-19(17)25-20)16-9-6-10-24-16;1-2-11-26(23)20-18(21)17-14(13-7-4-3-5-8-13)12-15(22-19(17)25-20)16-9-6-10-24-16;1-3-4-8-22(19)16-14(17)13-10(2)9-11(18-15(13)21-16)12-6-5-7-20-12;1-2-3-9-20(18)14-10-11-6-7-12(16-15(11)17-14)13-5-4-8-19-13;1-2-3-8-19-14-10-11-6-7-12(16-15(11)17-14)13-5-4-9-18-13/h4-10,12H,2-3,11,21H2,1H3;3-12H,21H2,1-2H3;3-10,12H,2,11,21H2,1H3;5-7,9H,3-4,8,17H2,1-2H3;4-8H,2-3,9-10H2,1H3;4-7,9H,2-3,8,10H2,1H3. The number of aliphatic imine (C=N–C) groups is 2. The van der Waals surface area contributed by atoms with Gasteiger partial charge >= 0.3 is 0 Å². The summed E-state index contributed by atoms with van der Waals surface area (Å²) in [4.78, 5) is 50.8. The van der Waals surface area contributed by atoms with Gasteiger partial charge in [0.1, 0.15) is 53.2 Å². The molecule has 3 aromatic carbocycles. The minimum Gasteiger partial charge on any atom is -0.443 e. The molecule has 5 atom stereocenters. The SMILES string of the molecule is CC(C)S(=O)c1sc2nc(-c3cccs3)cc(-c3ccccc3)c2c1N.CCCCS(=O)C1=Nc2nc(-c3cccs3)ccc2C1.CCCCS(=O)c1sc2nc(-c3cccs3)cc(C)c2c1N.CCCCS(=O)c1sc2nc(-c3ncco3)cc(-c3ccccc3)c2c1N.CCCCSC1=Nc2nc(-c3cccs3)ccc2C1.CCCS(=O)c1sc2nc(-c3cccs3)cc(-c3ccccc3)c2c1N. The molecule has 0 bridgehead atoms. The van der Waals surface area contributed by atoms with Crippen molar-refractivity contribution >= 4 is 253 Å². The summed E-state index contributed by atoms with van der Waals surface area (Å²) >= 11 is 16.1. The first kappa shape index (κ1) is 103. The lowest BCUT2D eigenvalue weighted by Crippen LogP contribution is -2.10. The summed E-state index contributed by atoms with van der Waals surface area (Å²) in [6, 6.07) is 67.4. The molecular formula is C106H105N13O6S15. The van der Waals surface area contributed by atoms with Gasteiger partial charge in [-0.2, -0.15) is 0 Å². The molecule has 0 amide bonds. The van der Waals surface area contributed by atoms with Gasteiger partial charge in [0, 0.05) is 73.8 Å². The molecule has 0 radical (unpaired) electrons. The van der Waals surface area contributed by atoms with Crippen LogP contribution in [0.5, 0.6) is 0 Å². The summed E-state index contributed by atoms with van der Waals surface area (Å²) in [7, 11) is -5.31. The quantitative estimate of drug-likeness (QED) is 0.0331. The molecule has 19 nitrogen and oxygen atoms in total. The Balaban J connectivity index is 0.000000122. The van der Waals surface area contributed by atoms with Crippen molar-refractivity contribution in [3.63, 3.8) is 0 Å². The van der Waals surface area contributed by atoms with Crippen LogP contribution in [-0.2, 0) is 66.8 Å². The molecular weight excluding hydrogens is 2030 g/mol. The van der Waals surface area contributed by atoms with Crippen LogP contribution < -0.4 is 22.9 Å². The van der Waals surface area contributed by atoms with Gasteiger partial charge < -0.3 is 27.4 Å². The highest BCUT2D eigenvalue weighted by atomic mass is 32.2. The maximum Gasteiger partial charge on any atom is 0.245 e. The highest BCUT2D eigenvalue weighted by molar-refractivity contribution is 8.14. The van der Waals surface area contributed by atoms with Gasteiger partial charge in [0.25, 0.3) is 0 Å². The molecule has 34 heteroatoms. The number of nitrogens with zero attached hydrogens (tertiary/aromatic N) is 9. The highest BCUT2D eigenvalue weighted by Gasteiger charge is 2.29. The Morgan fingerprint density at radius 1 is 0.379 bits per heavy atom. The van der Waals surface area contributed by atoms with Gasteiger partial charge in [0.05, 0.1) is 141 Å². The van der Waals surface area contributed by atoms with E-state index in [1.165, 1.54) is 85.7 Å². The molecule has 2 aliphatic rings. The van der Waals surface area contributed by atoms with Crippen molar-refractivity contribution in [3.8, 4) is 97.8 Å². The fourth-order valence-corrected chi connectivity index (χ4v) is 32.1. The lowest BCUT2D eigenvalue weighted by molar-refractivity contribution is 0.572. The van der Waals surface area contributed by atoms with Gasteiger partial charge in [-0.3, -0.25) is 21.0 Å². The number of anilines is 4. The second kappa shape index (κ2) is 49.2. The van der Waals surface area contributed by atoms with Gasteiger partial charge in [-0.25, -0.2) is 44.9 Å². The summed E-state index contributed by atoms with van der Waals surface area (Å²) in [5.41, 5.74) is 43.2. The molecule has 140 heavy (non-hydrogen) atoms. The zero-order valence-electron chi connectivity index (χ0n) is 78.4. The zero-order valence-corrected chi connectivity index (χ0v) is 90.6. The van der Waals surface area contributed by atoms with Gasteiger partial charge in [-0.15, -0.1) is 114 Å². The third-order valence-corrected chi connectivity index (χ3v) is 41.5. The molecule has 720 valence electrons. The van der Waals surface area contributed by atoms with Crippen LogP contribution in [0.1, 0.15) is 123 Å². The maximum atomic E-state index is 12.7. The molecule has 8 N–H and O–H groups in total. The van der Waals surface area contributed by atoms with E-state index >= 15 is 0 Å². The van der Waals surface area contributed by atoms with E-state index in [2.05, 4.69) is 155 Å². The van der Waals surface area contributed by atoms with E-state index in [0.717, 1.165) is 214 Å². The van der Waals surface area contributed by atoms with Gasteiger partial charge in [0.15, 0.2) is 11.6 Å². The van der Waals surface area contributed by atoms with Crippen LogP contribution in [0, 0.1) is 6.92 Å². The number of hydrogen-bond donors (Lipinski definition) is 4. The number of nitrogens with two attached hydrogens (primary N) is 4. The van der Waals surface area contributed by atoms with Crippen molar-refractivity contribution in [2.75, 3.05) is 51.7 Å². The number of fused-ring (bicyclic) bond motifs is 6. The number of oxazole rings is 1. The monoisotopic (exact) mass is 2140 g/mol. The average molecular weight is 2140 g/mol. The number of hydrogen-bond acceptors (Lipinski definition) is 29. The number of rotatable bonds is 28. The van der Waals surface area contributed by atoms with E-state index in [9.17, 15) is 21.0 Å². The molecule has 0 saturated heterocycles. The number of nitrogen functional groups attached to an aromatic ring is 4. The van der Waals surface area contributed by atoms with E-state index in [1.54, 1.807) is 62.9 Å². The maximum absolute atomic E-state index is 12.7. The average Bonchev–Trinajstić information content (AvgIpc) is 1.61. The van der Waals surface area contributed by atoms with Gasteiger partial charge in [-0.1, -0.05) is 208 Å². The topological polar surface area (TPSA) is 318 Å². The third-order valence-electron chi connectivity index (χ3n) is 22.4. The summed E-state index contributed by atoms with van der Waals surface area (Å²) < 4.78 is 71.0. The van der Waals surface area contributed by atoms with Crippen LogP contribution >= 0.6 is 114 Å². The van der Waals surface area contributed by atoms with E-state index in [0.29, 0.717) is 68.0 Å². The number of benzene rings is 3. The molecule has 21 rings (SSSR count). The Morgan fingerprint density at radius 2 is 0.750 bits per heavy atom. The van der Waals surface area contributed by atoms with Crippen LogP contribution in [0.15, 0.2) is 271 Å². The Hall–Kier alpha value is -10.3. The van der Waals surface area contributed by atoms with Crippen LogP contribution in [-0.4, -0.2) is 100 Å². The fourth-order valence-electron chi connectivity index (χ4n) is 15.3. The molecule has 2 aliphatic heterocycles. The zero-order chi connectivity index (χ0) is 97.9. The van der Waals surface area contributed by atoms with Crippen molar-refractivity contribution in [1.82, 2.24) is 34.9 Å². The van der Waals surface area contributed by atoms with E-state index in [4.69, 9.17) is 47.3 Å². The number of thiophene rings is 9. The number of pyridine rings is 6. The predicted molar refractivity (Wildman–Crippen MR) is 610 cm³/mol. The number of aromatic nitrogens is 7. The molecule has 0 fully saturated rings. The second-order valence-corrected chi connectivity index (χ2v) is 51.8. The lowest BCUT2D eigenvalue weighted by atomic mass is 10.0. The molecule has 19 aromatic rings. The van der Waals surface area contributed by atoms with Crippen molar-refractivity contribution in [2.24, 2.45) is 9.98 Å². The minimum absolute atomic E-state index is 0.0160. The van der Waals surface area contributed by atoms with E-state index in [-0.39, 0.29) is 5.25 Å². The molecule has 0 spiro atoms. The Morgan fingerprint density at radius 3 is 1.16 bits per heavy atom. The number of aryl methyl sites for hydroxylation is 1. The smallest absolute Gasteiger partial charge is 0.245 e. The first-order valence-corrected chi connectivity index (χ1v) is 61.2. The van der Waals surface area contributed by atoms with Gasteiger partial charge in [0.2, 0.25) is 5.89 Å². The normalized spacial score (nSPS) is 13.1. The predicted octanol–water partition coefficient (Wildman–Crippen LogP) is 30.4. The van der Waals surface area contributed by atoms with Crippen LogP contribution in [0.3, 0.4) is 0 Å². The summed E-state index contributed by atoms with van der Waals surface area (Å²) in [5, 5.41) is 15.9. The van der Waals surface area contributed by atoms with Gasteiger partial charge in [-0.05, 0) is 177 Å². The molecule has 16 aromatic heterocycles. The molecule has 0 aliphatic carbocycles. The molecule has 18 heterocycles. The largest absolute Gasteiger partial charge is 0.443 e. The summed E-state index contributed by atoms with van der Waals surface area (Å²) in [6.07, 6.45) is 14.1. The first-order valence-electron chi connectivity index (χ1n) is 46.1. The number of unbranched alkanes of at least 4 members (excludes halogenated alkanes) is 4. The molecule has 0 saturated carbocycles. The minimum atomic E-state index is -1.13. The van der Waals surface area contributed by atoms with E-state index < -0.39 is 54.0 Å². The Kier molecular flexibility index (Phi) is 36.0. The van der Waals surface area contributed by atoms with Crippen molar-refractivity contribution in [1.29, 1.82) is 0 Å². The summed E-state index contributed by atoms with van der Waals surface area (Å²) in [6.45, 7) is 16.5. The lowest BCUT2D eigenvalue weighted by Gasteiger charge is -2.08. The van der Waals surface area contributed by atoms with Crippen molar-refractivity contribution in [2.45, 2.75) is 148 Å². The van der Waals surface area contributed by atoms with Crippen molar-refractivity contribution in [3.05, 3.63) is 256 Å². The molecule has 5 unspecified atom stereocenters. The Labute approximate surface area is 868 Å². The Bertz CT molecular complexity index is 7610. The fraction of sp³-hybridized carbons (Fsp3) is 0.236. The number of thioether (sulfide) groups is 1. The van der Waals surface area contributed by atoms with Crippen LogP contribution in [0.2, 0.25) is 0 Å². The first-order chi connectivity index (χ1) is 68.2. The van der Waals surface area contributed by atoms with Crippen molar-refractivity contribution < 1.29 is 25.5 Å². The third kappa shape index (κ3) is 24.4. The van der Waals surface area contributed by atoms with Crippen LogP contribution in [0.4, 0.5) is 34.4 Å². The summed E-state index contributed by atoms with van der Waals surface area (Å²) in [5.74, 6) is 5.90. The van der Waals surface area contributed by atoms with Crippen LogP contribution in [0.25, 0.3) is 139 Å².